The second-order valence-electron chi connectivity index (χ2n) is 5.88. The van der Waals surface area contributed by atoms with E-state index in [0.29, 0.717) is 17.5 Å². The molecule has 0 unspecified atom stereocenters. The van der Waals surface area contributed by atoms with Gasteiger partial charge in [0.2, 0.25) is 0 Å². The van der Waals surface area contributed by atoms with E-state index in [1.165, 1.54) is 10.9 Å². The van der Waals surface area contributed by atoms with Crippen LogP contribution in [0.25, 0.3) is 10.9 Å². The molecule has 0 bridgehead atoms. The molecule has 2 aromatic carbocycles. The molecule has 1 heterocycles. The summed E-state index contributed by atoms with van der Waals surface area (Å²) in [5.74, 6) is 0. The quantitative estimate of drug-likeness (QED) is 0.755. The van der Waals surface area contributed by atoms with Gasteiger partial charge in [0, 0.05) is 0 Å². The van der Waals surface area contributed by atoms with Crippen LogP contribution in [0, 0.1) is 6.92 Å². The summed E-state index contributed by atoms with van der Waals surface area (Å²) < 4.78 is 6.94. The van der Waals surface area contributed by atoms with Gasteiger partial charge in [-0.05, 0) is 24.6 Å². The van der Waals surface area contributed by atoms with E-state index in [-0.39, 0.29) is 18.7 Å². The SMILES string of the molecule is Cc1ccc2ncn(C[C@H](O)COCc3ccccc3)c(=O)c2c1. The third-order valence-corrected chi connectivity index (χ3v) is 3.81. The Labute approximate surface area is 140 Å². The molecule has 0 saturated carbocycles. The molecule has 5 heteroatoms. The molecule has 0 radical (unpaired) electrons. The Morgan fingerprint density at radius 3 is 2.79 bits per heavy atom. The van der Waals surface area contributed by atoms with Gasteiger partial charge >= 0.3 is 0 Å². The maximum Gasteiger partial charge on any atom is 0.261 e. The molecule has 3 aromatic rings. The second kappa shape index (κ2) is 7.38. The number of rotatable bonds is 6. The number of benzene rings is 2. The zero-order valence-electron chi connectivity index (χ0n) is 13.6. The van der Waals surface area contributed by atoms with E-state index in [2.05, 4.69) is 4.98 Å². The summed E-state index contributed by atoms with van der Waals surface area (Å²) in [6, 6.07) is 15.3. The predicted octanol–water partition coefficient (Wildman–Crippen LogP) is 2.28. The second-order valence-corrected chi connectivity index (χ2v) is 5.88. The van der Waals surface area contributed by atoms with Gasteiger partial charge in [0.1, 0.15) is 0 Å². The molecule has 124 valence electrons. The first-order chi connectivity index (χ1) is 11.6. The maximum atomic E-state index is 12.5. The average Bonchev–Trinajstić information content (AvgIpc) is 2.59. The van der Waals surface area contributed by atoms with Crippen LogP contribution in [-0.4, -0.2) is 27.4 Å². The van der Waals surface area contributed by atoms with Crippen LogP contribution in [0.3, 0.4) is 0 Å². The van der Waals surface area contributed by atoms with Crippen LogP contribution in [0.5, 0.6) is 0 Å². The first-order valence-electron chi connectivity index (χ1n) is 7.89. The molecule has 1 N–H and O–H groups in total. The predicted molar refractivity (Wildman–Crippen MR) is 92.8 cm³/mol. The van der Waals surface area contributed by atoms with Crippen LogP contribution >= 0.6 is 0 Å². The maximum absolute atomic E-state index is 12.5. The number of fused-ring (bicyclic) bond motifs is 1. The Hall–Kier alpha value is -2.50. The summed E-state index contributed by atoms with van der Waals surface area (Å²) in [5.41, 5.74) is 2.57. The van der Waals surface area contributed by atoms with Crippen molar-refractivity contribution in [3.8, 4) is 0 Å². The van der Waals surface area contributed by atoms with E-state index >= 15 is 0 Å². The lowest BCUT2D eigenvalue weighted by molar-refractivity contribution is 0.0198. The molecule has 0 amide bonds. The van der Waals surface area contributed by atoms with Crippen molar-refractivity contribution >= 4 is 10.9 Å². The zero-order valence-corrected chi connectivity index (χ0v) is 13.6. The molecule has 1 atom stereocenters. The Balaban J connectivity index is 1.64. The van der Waals surface area contributed by atoms with Crippen molar-refractivity contribution in [2.24, 2.45) is 0 Å². The Bertz CT molecular complexity index is 875. The summed E-state index contributed by atoms with van der Waals surface area (Å²) in [7, 11) is 0. The largest absolute Gasteiger partial charge is 0.389 e. The number of aromatic nitrogens is 2. The van der Waals surface area contributed by atoms with E-state index in [9.17, 15) is 9.90 Å². The van der Waals surface area contributed by atoms with E-state index in [1.54, 1.807) is 0 Å². The van der Waals surface area contributed by atoms with Gasteiger partial charge in [0.05, 0.1) is 43.1 Å². The lowest BCUT2D eigenvalue weighted by atomic mass is 10.2. The third kappa shape index (κ3) is 3.88. The molecule has 0 aliphatic heterocycles. The van der Waals surface area contributed by atoms with Crippen LogP contribution in [0.2, 0.25) is 0 Å². The normalized spacial score (nSPS) is 12.4. The van der Waals surface area contributed by atoms with Gasteiger partial charge in [-0.1, -0.05) is 42.0 Å². The van der Waals surface area contributed by atoms with Crippen LogP contribution in [-0.2, 0) is 17.9 Å². The van der Waals surface area contributed by atoms with Crippen LogP contribution in [0.15, 0.2) is 59.7 Å². The molecule has 0 aliphatic carbocycles. The number of aryl methyl sites for hydroxylation is 1. The summed E-state index contributed by atoms with van der Waals surface area (Å²) in [4.78, 5) is 16.8. The third-order valence-electron chi connectivity index (χ3n) is 3.81. The molecule has 3 rings (SSSR count). The highest BCUT2D eigenvalue weighted by molar-refractivity contribution is 5.77. The van der Waals surface area contributed by atoms with E-state index in [4.69, 9.17) is 4.74 Å². The van der Waals surface area contributed by atoms with Gasteiger partial charge in [-0.25, -0.2) is 4.98 Å². The van der Waals surface area contributed by atoms with Gasteiger partial charge in [0.25, 0.3) is 5.56 Å². The monoisotopic (exact) mass is 324 g/mol. The molecular weight excluding hydrogens is 304 g/mol. The molecule has 1 aromatic heterocycles. The molecule has 0 fully saturated rings. The van der Waals surface area contributed by atoms with Gasteiger partial charge in [-0.3, -0.25) is 9.36 Å². The fraction of sp³-hybridized carbons (Fsp3) is 0.263. The lowest BCUT2D eigenvalue weighted by Gasteiger charge is -2.13. The van der Waals surface area contributed by atoms with Gasteiger partial charge in [0.15, 0.2) is 0 Å². The summed E-state index contributed by atoms with van der Waals surface area (Å²) >= 11 is 0. The molecule has 5 nitrogen and oxygen atoms in total. The molecule has 0 spiro atoms. The number of hydrogen-bond donors (Lipinski definition) is 1. The van der Waals surface area contributed by atoms with Crippen LogP contribution in [0.1, 0.15) is 11.1 Å². The van der Waals surface area contributed by atoms with Crippen LogP contribution in [0.4, 0.5) is 0 Å². The van der Waals surface area contributed by atoms with Crippen molar-refractivity contribution < 1.29 is 9.84 Å². The zero-order chi connectivity index (χ0) is 16.9. The number of aliphatic hydroxyl groups is 1. The van der Waals surface area contributed by atoms with Gasteiger partial charge in [-0.2, -0.15) is 0 Å². The standard InChI is InChI=1S/C19H20N2O3/c1-14-7-8-18-17(9-14)19(23)21(13-20-18)10-16(22)12-24-11-15-5-3-2-4-6-15/h2-9,13,16,22H,10-12H2,1H3/t16-/m0/s1. The molecule has 0 aliphatic rings. The minimum Gasteiger partial charge on any atom is -0.389 e. The topological polar surface area (TPSA) is 64.3 Å². The summed E-state index contributed by atoms with van der Waals surface area (Å²) in [6.45, 7) is 2.68. The molecule has 24 heavy (non-hydrogen) atoms. The van der Waals surface area contributed by atoms with Crippen molar-refractivity contribution in [2.75, 3.05) is 6.61 Å². The van der Waals surface area contributed by atoms with Crippen molar-refractivity contribution in [1.82, 2.24) is 9.55 Å². The van der Waals surface area contributed by atoms with Crippen molar-refractivity contribution in [1.29, 1.82) is 0 Å². The fourth-order valence-electron chi connectivity index (χ4n) is 2.57. The Kier molecular flexibility index (Phi) is 5.03. The first-order valence-corrected chi connectivity index (χ1v) is 7.89. The number of hydrogen-bond acceptors (Lipinski definition) is 4. The van der Waals surface area contributed by atoms with Crippen molar-refractivity contribution in [3.05, 3.63) is 76.3 Å². The highest BCUT2D eigenvalue weighted by atomic mass is 16.5. The van der Waals surface area contributed by atoms with Crippen LogP contribution < -0.4 is 5.56 Å². The first kappa shape index (κ1) is 16.4. The Morgan fingerprint density at radius 1 is 1.21 bits per heavy atom. The van der Waals surface area contributed by atoms with E-state index < -0.39 is 6.10 Å². The number of aliphatic hydroxyl groups excluding tert-OH is 1. The summed E-state index contributed by atoms with van der Waals surface area (Å²) in [5, 5.41) is 10.7. The van der Waals surface area contributed by atoms with Crippen molar-refractivity contribution in [3.63, 3.8) is 0 Å². The highest BCUT2D eigenvalue weighted by Gasteiger charge is 2.10. The average molecular weight is 324 g/mol. The van der Waals surface area contributed by atoms with Gasteiger partial charge in [-0.15, -0.1) is 0 Å². The summed E-state index contributed by atoms with van der Waals surface area (Å²) in [6.07, 6.45) is 0.705. The fourth-order valence-corrected chi connectivity index (χ4v) is 2.57. The lowest BCUT2D eigenvalue weighted by Crippen LogP contribution is -2.29. The number of nitrogens with zero attached hydrogens (tertiary/aromatic N) is 2. The minimum atomic E-state index is -0.768. The van der Waals surface area contributed by atoms with E-state index in [0.717, 1.165) is 11.1 Å². The van der Waals surface area contributed by atoms with E-state index in [1.807, 2.05) is 55.5 Å². The molecule has 0 saturated heterocycles. The van der Waals surface area contributed by atoms with Gasteiger partial charge < -0.3 is 9.84 Å². The highest BCUT2D eigenvalue weighted by Crippen LogP contribution is 2.09. The Morgan fingerprint density at radius 2 is 2.00 bits per heavy atom. The molecular formula is C19H20N2O3. The minimum absolute atomic E-state index is 0.147. The number of ether oxygens (including phenoxy) is 1. The smallest absolute Gasteiger partial charge is 0.261 e. The van der Waals surface area contributed by atoms with Crippen molar-refractivity contribution in [2.45, 2.75) is 26.2 Å².